The van der Waals surface area contributed by atoms with E-state index in [1.165, 1.54) is 27.1 Å². The molecule has 0 saturated carbocycles. The molecule has 2 bridgehead atoms. The van der Waals surface area contributed by atoms with E-state index in [4.69, 9.17) is 4.74 Å². The van der Waals surface area contributed by atoms with Crippen molar-refractivity contribution in [2.45, 2.75) is 18.6 Å². The van der Waals surface area contributed by atoms with Gasteiger partial charge in [-0.2, -0.15) is 4.31 Å². The van der Waals surface area contributed by atoms with E-state index in [0.717, 1.165) is 6.26 Å². The summed E-state index contributed by atoms with van der Waals surface area (Å²) in [5.41, 5.74) is 0.710. The summed E-state index contributed by atoms with van der Waals surface area (Å²) >= 11 is 0. The molecule has 182 valence electrons. The molecule has 2 fully saturated rings. The summed E-state index contributed by atoms with van der Waals surface area (Å²) in [4.78, 5) is 28.7. The number of rotatable bonds is 4. The molecule has 5 rings (SSSR count). The molecule has 4 atom stereocenters. The number of morpholine rings is 1. The number of fused-ring (bicyclic) bond motifs is 4. The van der Waals surface area contributed by atoms with Gasteiger partial charge in [0.2, 0.25) is 15.9 Å². The zero-order chi connectivity index (χ0) is 24.2. The van der Waals surface area contributed by atoms with Gasteiger partial charge in [-0.15, -0.1) is 0 Å². The molecule has 0 unspecified atom stereocenters. The first-order valence-electron chi connectivity index (χ1n) is 11.2. The van der Waals surface area contributed by atoms with Crippen LogP contribution in [-0.2, 0) is 26.1 Å². The van der Waals surface area contributed by atoms with Gasteiger partial charge in [0.25, 0.3) is 5.56 Å². The Bertz CT molecular complexity index is 1290. The smallest absolute Gasteiger partial charge is 0.258 e. The molecule has 9 nitrogen and oxygen atoms in total. The highest BCUT2D eigenvalue weighted by atomic mass is 32.2. The minimum Gasteiger partial charge on any atom is -0.396 e. The number of carbonyl (C=O) groups is 1. The molecule has 1 aromatic heterocycles. The van der Waals surface area contributed by atoms with E-state index in [2.05, 4.69) is 0 Å². The quantitative estimate of drug-likeness (QED) is 0.665. The number of sulfonamides is 1. The second-order valence-corrected chi connectivity index (χ2v) is 10.9. The molecular formula is C23H26FN3O6S. The Kier molecular flexibility index (Phi) is 5.83. The Morgan fingerprint density at radius 1 is 1.21 bits per heavy atom. The molecule has 0 spiro atoms. The van der Waals surface area contributed by atoms with Gasteiger partial charge in [-0.3, -0.25) is 9.59 Å². The Morgan fingerprint density at radius 3 is 2.59 bits per heavy atom. The highest BCUT2D eigenvalue weighted by molar-refractivity contribution is 7.88. The van der Waals surface area contributed by atoms with Crippen molar-refractivity contribution in [3.8, 4) is 11.1 Å². The largest absolute Gasteiger partial charge is 0.396 e. The van der Waals surface area contributed by atoms with Crippen LogP contribution in [0.15, 0.2) is 41.2 Å². The van der Waals surface area contributed by atoms with Gasteiger partial charge < -0.3 is 19.3 Å². The first-order chi connectivity index (χ1) is 16.2. The average molecular weight is 492 g/mol. The maximum absolute atomic E-state index is 13.8. The van der Waals surface area contributed by atoms with Gasteiger partial charge in [-0.1, -0.05) is 12.1 Å². The second kappa shape index (κ2) is 8.56. The zero-order valence-electron chi connectivity index (χ0n) is 18.6. The Labute approximate surface area is 196 Å². The van der Waals surface area contributed by atoms with Crippen molar-refractivity contribution in [1.82, 2.24) is 13.8 Å². The van der Waals surface area contributed by atoms with Gasteiger partial charge in [0.05, 0.1) is 31.4 Å². The van der Waals surface area contributed by atoms with Gasteiger partial charge >= 0.3 is 0 Å². The van der Waals surface area contributed by atoms with Gasteiger partial charge in [-0.05, 0) is 29.8 Å². The third kappa shape index (κ3) is 3.67. The van der Waals surface area contributed by atoms with Gasteiger partial charge in [0, 0.05) is 49.5 Å². The number of hydrogen-bond acceptors (Lipinski definition) is 6. The summed E-state index contributed by atoms with van der Waals surface area (Å²) in [6, 6.07) is 7.22. The lowest BCUT2D eigenvalue weighted by molar-refractivity contribution is -0.142. The number of aromatic nitrogens is 1. The minimum absolute atomic E-state index is 0.000982. The van der Waals surface area contributed by atoms with E-state index in [-0.39, 0.29) is 23.6 Å². The van der Waals surface area contributed by atoms with Crippen LogP contribution in [0.4, 0.5) is 4.39 Å². The summed E-state index contributed by atoms with van der Waals surface area (Å²) in [5, 5.41) is 10.3. The number of ether oxygens (including phenoxy) is 1. The fraction of sp³-hybridized carbons (Fsp3) is 0.478. The van der Waals surface area contributed by atoms with Crippen molar-refractivity contribution in [3.05, 3.63) is 58.3 Å². The van der Waals surface area contributed by atoms with Crippen molar-refractivity contribution >= 4 is 15.9 Å². The maximum Gasteiger partial charge on any atom is 0.258 e. The summed E-state index contributed by atoms with van der Waals surface area (Å²) in [6.45, 7) is 1.15. The Hall–Kier alpha value is -2.60. The van der Waals surface area contributed by atoms with Crippen LogP contribution >= 0.6 is 0 Å². The van der Waals surface area contributed by atoms with Gasteiger partial charge in [-0.25, -0.2) is 12.8 Å². The number of benzene rings is 1. The number of hydrogen-bond donors (Lipinski definition) is 1. The number of aliphatic hydroxyl groups is 1. The average Bonchev–Trinajstić information content (AvgIpc) is 3.07. The molecular weight excluding hydrogens is 465 g/mol. The number of amides is 1. The SMILES string of the molecule is CS(=O)(=O)N1[C@@H]2Cn3c(ccc(-c4cccc(F)c4)c3=O)[C@H]1[C@@H](C(=O)N1CCOCC1)[C@@H]2CO. The third-order valence-electron chi connectivity index (χ3n) is 7.11. The fourth-order valence-electron chi connectivity index (χ4n) is 5.66. The van der Waals surface area contributed by atoms with E-state index in [0.29, 0.717) is 37.6 Å². The first kappa shape index (κ1) is 23.2. The molecule has 0 radical (unpaired) electrons. The topological polar surface area (TPSA) is 109 Å². The summed E-state index contributed by atoms with van der Waals surface area (Å²) in [5.74, 6) is -2.24. The van der Waals surface area contributed by atoms with Crippen molar-refractivity contribution in [1.29, 1.82) is 0 Å². The van der Waals surface area contributed by atoms with Crippen molar-refractivity contribution in [3.63, 3.8) is 0 Å². The maximum atomic E-state index is 13.8. The predicted molar refractivity (Wildman–Crippen MR) is 121 cm³/mol. The minimum atomic E-state index is -3.76. The van der Waals surface area contributed by atoms with Crippen LogP contribution in [0.1, 0.15) is 11.7 Å². The lowest BCUT2D eigenvalue weighted by Crippen LogP contribution is -2.49. The molecule has 3 aliphatic heterocycles. The second-order valence-electron chi connectivity index (χ2n) is 9.01. The molecule has 0 aliphatic carbocycles. The number of aliphatic hydroxyl groups excluding tert-OH is 1. The van der Waals surface area contributed by atoms with E-state index in [1.807, 2.05) is 0 Å². The first-order valence-corrected chi connectivity index (χ1v) is 13.0. The van der Waals surface area contributed by atoms with E-state index < -0.39 is 46.4 Å². The summed E-state index contributed by atoms with van der Waals surface area (Å²) in [7, 11) is -3.76. The molecule has 2 saturated heterocycles. The summed E-state index contributed by atoms with van der Waals surface area (Å²) in [6.07, 6.45) is 1.08. The van der Waals surface area contributed by atoms with Crippen LogP contribution in [0.3, 0.4) is 0 Å². The number of nitrogens with zero attached hydrogens (tertiary/aromatic N) is 3. The van der Waals surface area contributed by atoms with Gasteiger partial charge in [0.1, 0.15) is 5.82 Å². The fourth-order valence-corrected chi connectivity index (χ4v) is 7.03. The molecule has 3 aliphatic rings. The number of carbonyl (C=O) groups excluding carboxylic acids is 1. The third-order valence-corrected chi connectivity index (χ3v) is 8.38. The van der Waals surface area contributed by atoms with Crippen molar-refractivity contribution in [2.75, 3.05) is 39.2 Å². The monoisotopic (exact) mass is 491 g/mol. The van der Waals surface area contributed by atoms with Crippen LogP contribution in [-0.4, -0.2) is 78.4 Å². The van der Waals surface area contributed by atoms with E-state index in [1.54, 1.807) is 23.1 Å². The highest BCUT2D eigenvalue weighted by Gasteiger charge is 2.59. The molecule has 34 heavy (non-hydrogen) atoms. The Balaban J connectivity index is 1.65. The van der Waals surface area contributed by atoms with E-state index in [9.17, 15) is 27.5 Å². The lowest BCUT2D eigenvalue weighted by Gasteiger charge is -2.37. The van der Waals surface area contributed by atoms with E-state index >= 15 is 0 Å². The number of pyridine rings is 1. The molecule has 11 heteroatoms. The van der Waals surface area contributed by atoms with Crippen LogP contribution in [0.25, 0.3) is 11.1 Å². The zero-order valence-corrected chi connectivity index (χ0v) is 19.4. The van der Waals surface area contributed by atoms with Crippen LogP contribution < -0.4 is 5.56 Å². The molecule has 2 aromatic rings. The predicted octanol–water partition coefficient (Wildman–Crippen LogP) is 0.436. The number of halogens is 1. The van der Waals surface area contributed by atoms with Crippen LogP contribution in [0, 0.1) is 17.7 Å². The standard InChI is InChI=1S/C23H26FN3O6S/c1-34(31,32)27-19-12-26-18(6-5-16(22(26)29)14-3-2-4-15(24)11-14)21(27)20(17(19)13-28)23(30)25-7-9-33-10-8-25/h2-6,11,17,19-21,28H,7-10,12-13H2,1H3/t17-,19-,20+,21+/m1/s1. The lowest BCUT2D eigenvalue weighted by atomic mass is 9.86. The normalized spacial score (nSPS) is 27.0. The highest BCUT2D eigenvalue weighted by Crippen LogP contribution is 2.50. The van der Waals surface area contributed by atoms with Crippen molar-refractivity contribution < 1.29 is 27.4 Å². The van der Waals surface area contributed by atoms with Gasteiger partial charge in [0.15, 0.2) is 0 Å². The van der Waals surface area contributed by atoms with Crippen LogP contribution in [0.2, 0.25) is 0 Å². The molecule has 1 amide bonds. The molecule has 4 heterocycles. The van der Waals surface area contributed by atoms with Crippen molar-refractivity contribution in [2.24, 2.45) is 11.8 Å². The molecule has 1 aromatic carbocycles. The Morgan fingerprint density at radius 2 is 1.94 bits per heavy atom. The summed E-state index contributed by atoms with van der Waals surface area (Å²) < 4.78 is 47.6. The molecule has 1 N–H and O–H groups in total. The van der Waals surface area contributed by atoms with Crippen LogP contribution in [0.5, 0.6) is 0 Å².